The van der Waals surface area contributed by atoms with E-state index >= 15 is 0 Å². The number of aryl methyl sites for hydroxylation is 1. The first kappa shape index (κ1) is 32.9. The molecule has 0 spiro atoms. The van der Waals surface area contributed by atoms with Gasteiger partial charge in [0.2, 0.25) is 0 Å². The van der Waals surface area contributed by atoms with Crippen LogP contribution in [0.2, 0.25) is 0 Å². The van der Waals surface area contributed by atoms with Crippen LogP contribution in [0.5, 0.6) is 0 Å². The molecule has 6 aromatic rings. The van der Waals surface area contributed by atoms with E-state index in [-0.39, 0.29) is 0 Å². The molecular weight excluding hydrogens is 651 g/mol. The lowest BCUT2D eigenvalue weighted by atomic mass is 10.1. The molecule has 6 aromatic heterocycles. The van der Waals surface area contributed by atoms with E-state index in [1.54, 1.807) is 18.6 Å². The summed E-state index contributed by atoms with van der Waals surface area (Å²) in [6, 6.07) is 25.5. The summed E-state index contributed by atoms with van der Waals surface area (Å²) in [6.45, 7) is 2.22. The summed E-state index contributed by atoms with van der Waals surface area (Å²) in [5.74, 6) is 19.9. The summed E-state index contributed by atoms with van der Waals surface area (Å²) in [5, 5.41) is 0. The quantitative estimate of drug-likeness (QED) is 0.143. The van der Waals surface area contributed by atoms with Crippen molar-refractivity contribution in [2.45, 2.75) is 32.6 Å². The number of H-pyrrole nitrogens is 2. The molecule has 7 nitrogen and oxygen atoms in total. The molecule has 0 atom stereocenters. The SMILES string of the molecule is CCCCCc1c2ccc([nH]2)c(C#Cc2ccccn2)c2nc(c(C#Cc3ccccn3)c3nc(c(C#Cc4ccccn4)c4ccc1[nH]4)C=C3)C=C2. The molecule has 252 valence electrons. The first-order valence-electron chi connectivity index (χ1n) is 17.7. The zero-order valence-electron chi connectivity index (χ0n) is 29.1. The Morgan fingerprint density at radius 3 is 1.28 bits per heavy atom. The number of hydrogen-bond donors (Lipinski definition) is 2. The Hall–Kier alpha value is -7.27. The Kier molecular flexibility index (Phi) is 9.51. The van der Waals surface area contributed by atoms with Crippen LogP contribution in [0.25, 0.3) is 46.4 Å². The van der Waals surface area contributed by atoms with Crippen molar-refractivity contribution in [2.24, 2.45) is 0 Å². The predicted octanol–water partition coefficient (Wildman–Crippen LogP) is 8.77. The van der Waals surface area contributed by atoms with Crippen molar-refractivity contribution in [3.05, 3.63) is 160 Å². The van der Waals surface area contributed by atoms with Gasteiger partial charge in [0.25, 0.3) is 0 Å². The normalized spacial score (nSPS) is 11.2. The van der Waals surface area contributed by atoms with Gasteiger partial charge in [0, 0.05) is 29.6 Å². The van der Waals surface area contributed by atoms with Crippen molar-refractivity contribution >= 4 is 46.4 Å². The highest BCUT2D eigenvalue weighted by molar-refractivity contribution is 5.86. The van der Waals surface area contributed by atoms with Gasteiger partial charge in [-0.2, -0.15) is 0 Å². The van der Waals surface area contributed by atoms with Crippen molar-refractivity contribution in [2.75, 3.05) is 0 Å². The van der Waals surface area contributed by atoms with Crippen LogP contribution in [0.1, 0.15) is 88.3 Å². The van der Waals surface area contributed by atoms with Crippen LogP contribution in [-0.2, 0) is 6.42 Å². The first-order chi connectivity index (χ1) is 26.2. The summed E-state index contributed by atoms with van der Waals surface area (Å²) in [4.78, 5) is 31.0. The van der Waals surface area contributed by atoms with Gasteiger partial charge in [-0.05, 0) is 121 Å². The molecule has 0 saturated heterocycles. The van der Waals surface area contributed by atoms with E-state index in [1.165, 1.54) is 5.56 Å². The molecule has 8 rings (SSSR count). The molecule has 2 aliphatic rings. The number of aromatic nitrogens is 7. The average Bonchev–Trinajstić information content (AvgIpc) is 4.05. The van der Waals surface area contributed by atoms with Gasteiger partial charge < -0.3 is 9.97 Å². The van der Waals surface area contributed by atoms with E-state index in [1.807, 2.05) is 78.9 Å². The van der Waals surface area contributed by atoms with Gasteiger partial charge in [-0.3, -0.25) is 0 Å². The van der Waals surface area contributed by atoms with Crippen molar-refractivity contribution < 1.29 is 0 Å². The standard InChI is InChI=1S/C46H33N7/c1-2-3-4-14-35-39-21-23-41(50-39)36(18-15-32-11-5-8-29-47-32)43-25-27-45(52-43)38(20-17-34-13-7-10-31-49-34)46-28-26-44(53-46)37(42-24-22-40(35)51-42)19-16-33-12-6-9-30-48-33/h5-13,21-31,50-51H,2-4,14H2,1H3. The highest BCUT2D eigenvalue weighted by Gasteiger charge is 2.15. The molecule has 7 heteroatoms. The topological polar surface area (TPSA) is 96.0 Å². The monoisotopic (exact) mass is 683 g/mol. The van der Waals surface area contributed by atoms with Crippen molar-refractivity contribution in [3.8, 4) is 35.5 Å². The van der Waals surface area contributed by atoms with Crippen molar-refractivity contribution in [1.29, 1.82) is 0 Å². The number of nitrogens with zero attached hydrogens (tertiary/aromatic N) is 5. The Balaban J connectivity index is 1.46. The second kappa shape index (κ2) is 15.3. The minimum atomic E-state index is 0.650. The summed E-state index contributed by atoms with van der Waals surface area (Å²) < 4.78 is 0. The fourth-order valence-corrected chi connectivity index (χ4v) is 6.17. The van der Waals surface area contributed by atoms with Gasteiger partial charge in [-0.1, -0.05) is 55.7 Å². The van der Waals surface area contributed by atoms with Gasteiger partial charge in [-0.25, -0.2) is 24.9 Å². The van der Waals surface area contributed by atoms with Gasteiger partial charge >= 0.3 is 0 Å². The van der Waals surface area contributed by atoms with Crippen LogP contribution in [0.15, 0.2) is 97.5 Å². The number of pyridine rings is 3. The summed E-state index contributed by atoms with van der Waals surface area (Å²) in [5.41, 5.74) is 11.9. The second-order valence-corrected chi connectivity index (χ2v) is 12.5. The Morgan fingerprint density at radius 2 is 0.868 bits per heavy atom. The highest BCUT2D eigenvalue weighted by atomic mass is 14.8. The third kappa shape index (κ3) is 7.45. The molecular formula is C46H33N7. The fourth-order valence-electron chi connectivity index (χ4n) is 6.17. The average molecular weight is 684 g/mol. The largest absolute Gasteiger partial charge is 0.354 e. The summed E-state index contributed by atoms with van der Waals surface area (Å²) >= 11 is 0. The lowest BCUT2D eigenvalue weighted by Crippen LogP contribution is -1.92. The van der Waals surface area contributed by atoms with Crippen molar-refractivity contribution in [1.82, 2.24) is 34.9 Å². The number of aromatic amines is 2. The Labute approximate surface area is 308 Å². The van der Waals surface area contributed by atoms with Crippen LogP contribution >= 0.6 is 0 Å². The maximum Gasteiger partial charge on any atom is 0.113 e. The molecule has 0 unspecified atom stereocenters. The zero-order chi connectivity index (χ0) is 35.8. The summed E-state index contributed by atoms with van der Waals surface area (Å²) in [7, 11) is 0. The van der Waals surface area contributed by atoms with E-state index in [9.17, 15) is 0 Å². The molecule has 8 heterocycles. The van der Waals surface area contributed by atoms with E-state index in [2.05, 4.69) is 91.6 Å². The molecule has 0 aliphatic carbocycles. The molecule has 2 aliphatic heterocycles. The number of hydrogen-bond acceptors (Lipinski definition) is 5. The highest BCUT2D eigenvalue weighted by Crippen LogP contribution is 2.27. The molecule has 2 N–H and O–H groups in total. The third-order valence-electron chi connectivity index (χ3n) is 8.84. The second-order valence-electron chi connectivity index (χ2n) is 12.5. The minimum Gasteiger partial charge on any atom is -0.354 e. The fraction of sp³-hybridized carbons (Fsp3) is 0.109. The van der Waals surface area contributed by atoms with Gasteiger partial charge in [-0.15, -0.1) is 0 Å². The predicted molar refractivity (Wildman–Crippen MR) is 213 cm³/mol. The zero-order valence-corrected chi connectivity index (χ0v) is 29.1. The summed E-state index contributed by atoms with van der Waals surface area (Å²) in [6.07, 6.45) is 17.4. The first-order valence-corrected chi connectivity index (χ1v) is 17.7. The van der Waals surface area contributed by atoms with Crippen LogP contribution < -0.4 is 0 Å². The van der Waals surface area contributed by atoms with Gasteiger partial charge in [0.15, 0.2) is 0 Å². The third-order valence-corrected chi connectivity index (χ3v) is 8.84. The number of rotatable bonds is 4. The smallest absolute Gasteiger partial charge is 0.113 e. The van der Waals surface area contributed by atoms with E-state index in [0.29, 0.717) is 34.0 Å². The van der Waals surface area contributed by atoms with E-state index in [0.717, 1.165) is 70.3 Å². The molecule has 8 bridgehead atoms. The molecule has 0 amide bonds. The van der Waals surface area contributed by atoms with Crippen LogP contribution in [0, 0.1) is 35.5 Å². The Bertz CT molecular complexity index is 2580. The molecule has 0 saturated carbocycles. The molecule has 53 heavy (non-hydrogen) atoms. The van der Waals surface area contributed by atoms with Crippen LogP contribution in [0.3, 0.4) is 0 Å². The van der Waals surface area contributed by atoms with Gasteiger partial charge in [0.1, 0.15) is 17.1 Å². The van der Waals surface area contributed by atoms with E-state index < -0.39 is 0 Å². The Morgan fingerprint density at radius 1 is 0.453 bits per heavy atom. The maximum atomic E-state index is 5.14. The lowest BCUT2D eigenvalue weighted by molar-refractivity contribution is 0.720. The number of nitrogens with one attached hydrogen (secondary N) is 2. The minimum absolute atomic E-state index is 0.650. The van der Waals surface area contributed by atoms with Crippen LogP contribution in [0.4, 0.5) is 0 Å². The van der Waals surface area contributed by atoms with E-state index in [4.69, 9.17) is 9.97 Å². The van der Waals surface area contributed by atoms with Gasteiger partial charge in [0.05, 0.1) is 50.5 Å². The van der Waals surface area contributed by atoms with Crippen molar-refractivity contribution in [3.63, 3.8) is 0 Å². The molecule has 0 aromatic carbocycles. The number of unbranched alkanes of at least 4 members (excludes halogenated alkanes) is 2. The maximum absolute atomic E-state index is 5.14. The number of fused-ring (bicyclic) bond motifs is 8. The molecule has 0 fully saturated rings. The lowest BCUT2D eigenvalue weighted by Gasteiger charge is -2.02. The molecule has 0 radical (unpaired) electrons. The van der Waals surface area contributed by atoms with Crippen LogP contribution in [-0.4, -0.2) is 34.9 Å².